The molecule has 2 fully saturated rings. The van der Waals surface area contributed by atoms with Crippen molar-refractivity contribution in [1.82, 2.24) is 20.5 Å². The van der Waals surface area contributed by atoms with Crippen LogP contribution in [0.4, 0.5) is 11.6 Å². The number of aromatic nitrogens is 3. The van der Waals surface area contributed by atoms with Crippen molar-refractivity contribution in [1.29, 1.82) is 5.26 Å². The minimum absolute atomic E-state index is 0.192. The second-order valence-electron chi connectivity index (χ2n) is 7.74. The zero-order valence-corrected chi connectivity index (χ0v) is 15.5. The van der Waals surface area contributed by atoms with Crippen LogP contribution >= 0.6 is 0 Å². The van der Waals surface area contributed by atoms with Crippen LogP contribution in [0.15, 0.2) is 36.9 Å². The molecule has 2 aliphatic rings. The summed E-state index contributed by atoms with van der Waals surface area (Å²) in [6, 6.07) is 7.57. The third kappa shape index (κ3) is 4.22. The Bertz CT molecular complexity index is 861. The van der Waals surface area contributed by atoms with Gasteiger partial charge in [-0.1, -0.05) is 0 Å². The molecule has 140 valence electrons. The first-order valence-corrected chi connectivity index (χ1v) is 9.35. The fourth-order valence-corrected chi connectivity index (χ4v) is 3.48. The van der Waals surface area contributed by atoms with Gasteiger partial charge in [0.15, 0.2) is 11.7 Å². The van der Waals surface area contributed by atoms with Crippen LogP contribution in [-0.4, -0.2) is 26.8 Å². The number of hydrogen-bond donors (Lipinski definition) is 3. The maximum Gasteiger partial charge on any atom is 0.179 e. The monoisotopic (exact) mass is 364 g/mol. The number of nitriles is 1. The number of pyridine rings is 1. The normalized spacial score (nSPS) is 22.7. The third-order valence-corrected chi connectivity index (χ3v) is 5.32. The maximum absolute atomic E-state index is 8.83. The molecule has 0 radical (unpaired) electrons. The van der Waals surface area contributed by atoms with Crippen molar-refractivity contribution in [3.05, 3.63) is 48.1 Å². The molecule has 27 heavy (non-hydrogen) atoms. The number of hydrogen-bond acceptors (Lipinski definition) is 6. The Morgan fingerprint density at radius 3 is 2.93 bits per heavy atom. The van der Waals surface area contributed by atoms with E-state index in [9.17, 15) is 0 Å². The van der Waals surface area contributed by atoms with Gasteiger partial charge in [-0.3, -0.25) is 5.10 Å². The summed E-state index contributed by atoms with van der Waals surface area (Å²) in [5.74, 6) is 2.48. The van der Waals surface area contributed by atoms with Crippen LogP contribution in [0.5, 0.6) is 0 Å². The molecule has 0 spiro atoms. The van der Waals surface area contributed by atoms with Gasteiger partial charge in [0.1, 0.15) is 18.0 Å². The molecule has 0 amide bonds. The lowest BCUT2D eigenvalue weighted by Gasteiger charge is -2.20. The van der Waals surface area contributed by atoms with Crippen LogP contribution in [0.2, 0.25) is 0 Å². The van der Waals surface area contributed by atoms with Crippen molar-refractivity contribution in [2.24, 2.45) is 0 Å². The Morgan fingerprint density at radius 2 is 2.22 bits per heavy atom. The summed E-state index contributed by atoms with van der Waals surface area (Å²) in [7, 11) is 0. The largest absolute Gasteiger partial charge is 0.476 e. The maximum atomic E-state index is 8.83. The minimum Gasteiger partial charge on any atom is -0.476 e. The van der Waals surface area contributed by atoms with Gasteiger partial charge >= 0.3 is 0 Å². The first kappa shape index (κ1) is 17.4. The predicted octanol–water partition coefficient (Wildman–Crippen LogP) is 3.69. The van der Waals surface area contributed by atoms with E-state index in [4.69, 9.17) is 10.00 Å². The second kappa shape index (κ2) is 6.95. The number of H-pyrrole nitrogens is 1. The fourth-order valence-electron chi connectivity index (χ4n) is 3.48. The zero-order chi connectivity index (χ0) is 18.9. The molecule has 7 heteroatoms. The topological polar surface area (TPSA) is 98.7 Å². The molecule has 2 aromatic rings. The van der Waals surface area contributed by atoms with E-state index in [0.717, 1.165) is 30.8 Å². The number of anilines is 2. The summed E-state index contributed by atoms with van der Waals surface area (Å²) >= 11 is 0. The molecule has 0 aliphatic heterocycles. The van der Waals surface area contributed by atoms with Gasteiger partial charge in [-0.25, -0.2) is 4.98 Å². The van der Waals surface area contributed by atoms with Crippen LogP contribution in [-0.2, 0) is 4.74 Å². The lowest BCUT2D eigenvalue weighted by Crippen LogP contribution is -2.29. The van der Waals surface area contributed by atoms with Crippen LogP contribution in [0, 0.1) is 11.3 Å². The van der Waals surface area contributed by atoms with Crippen molar-refractivity contribution in [3.63, 3.8) is 0 Å². The highest BCUT2D eigenvalue weighted by atomic mass is 16.5. The van der Waals surface area contributed by atoms with Crippen LogP contribution in [0.3, 0.4) is 0 Å². The molecule has 0 aromatic carbocycles. The van der Waals surface area contributed by atoms with Gasteiger partial charge in [-0.15, -0.1) is 0 Å². The number of ether oxygens (including phenoxy) is 1. The first-order valence-electron chi connectivity index (χ1n) is 9.35. The molecule has 2 aromatic heterocycles. The van der Waals surface area contributed by atoms with Gasteiger partial charge in [0.25, 0.3) is 0 Å². The van der Waals surface area contributed by atoms with E-state index in [1.165, 1.54) is 19.0 Å². The molecule has 0 unspecified atom stereocenters. The van der Waals surface area contributed by atoms with Crippen LogP contribution in [0.1, 0.15) is 56.2 Å². The third-order valence-electron chi connectivity index (χ3n) is 5.32. The van der Waals surface area contributed by atoms with Gasteiger partial charge in [0.05, 0.1) is 5.56 Å². The van der Waals surface area contributed by atoms with Crippen molar-refractivity contribution in [2.75, 3.05) is 5.32 Å². The number of aromatic amines is 1. The Balaban J connectivity index is 1.30. The van der Waals surface area contributed by atoms with Gasteiger partial charge in [-0.2, -0.15) is 10.4 Å². The molecular weight excluding hydrogens is 340 g/mol. The summed E-state index contributed by atoms with van der Waals surface area (Å²) in [5, 5.41) is 22.8. The van der Waals surface area contributed by atoms with Gasteiger partial charge in [0, 0.05) is 29.4 Å². The van der Waals surface area contributed by atoms with Gasteiger partial charge in [-0.05, 0) is 57.7 Å². The molecule has 2 atom stereocenters. The van der Waals surface area contributed by atoms with Crippen LogP contribution in [0.25, 0.3) is 0 Å². The van der Waals surface area contributed by atoms with Crippen LogP contribution < -0.4 is 10.6 Å². The summed E-state index contributed by atoms with van der Waals surface area (Å²) in [4.78, 5) is 4.21. The summed E-state index contributed by atoms with van der Waals surface area (Å²) in [6.07, 6.45) is 7.12. The highest BCUT2D eigenvalue weighted by Crippen LogP contribution is 2.38. The quantitative estimate of drug-likeness (QED) is 0.648. The number of nitrogens with one attached hydrogen (secondary N) is 3. The molecule has 2 aliphatic carbocycles. The van der Waals surface area contributed by atoms with E-state index in [1.807, 2.05) is 6.07 Å². The van der Waals surface area contributed by atoms with Crippen molar-refractivity contribution < 1.29 is 4.74 Å². The van der Waals surface area contributed by atoms with Gasteiger partial charge in [0.2, 0.25) is 0 Å². The van der Waals surface area contributed by atoms with Crippen molar-refractivity contribution in [2.45, 2.75) is 56.6 Å². The first-order chi connectivity index (χ1) is 13.0. The van der Waals surface area contributed by atoms with Crippen molar-refractivity contribution in [3.8, 4) is 6.07 Å². The molecule has 4 rings (SSSR count). The minimum atomic E-state index is 0.192. The number of rotatable bonds is 7. The Morgan fingerprint density at radius 1 is 1.37 bits per heavy atom. The summed E-state index contributed by atoms with van der Waals surface area (Å²) in [6.45, 7) is 6.21. The second-order valence-corrected chi connectivity index (χ2v) is 7.74. The van der Waals surface area contributed by atoms with E-state index >= 15 is 0 Å². The van der Waals surface area contributed by atoms with Gasteiger partial charge < -0.3 is 15.4 Å². The van der Waals surface area contributed by atoms with E-state index in [-0.39, 0.29) is 11.6 Å². The van der Waals surface area contributed by atoms with E-state index < -0.39 is 0 Å². The molecule has 7 nitrogen and oxygen atoms in total. The Hall–Kier alpha value is -3.01. The van der Waals surface area contributed by atoms with E-state index in [0.29, 0.717) is 23.2 Å². The molecule has 3 N–H and O–H groups in total. The average Bonchev–Trinajstić information content (AvgIpc) is 3.03. The fraction of sp³-hybridized carbons (Fsp3) is 0.450. The lowest BCUT2D eigenvalue weighted by atomic mass is 10.0. The van der Waals surface area contributed by atoms with E-state index in [2.05, 4.69) is 45.4 Å². The molecular formula is C20H24N6O. The SMILES string of the molecule is C=C(NC1(C)CC1)O[C@@H]1CC[C@H](c2cc(Nc3ccc(C#N)cn3)n[nH]2)C1. The molecule has 2 saturated carbocycles. The Labute approximate surface area is 158 Å². The molecule has 2 heterocycles. The lowest BCUT2D eigenvalue weighted by molar-refractivity contribution is 0.102. The highest BCUT2D eigenvalue weighted by molar-refractivity contribution is 5.52. The van der Waals surface area contributed by atoms with Crippen molar-refractivity contribution >= 4 is 11.6 Å². The zero-order valence-electron chi connectivity index (χ0n) is 15.5. The summed E-state index contributed by atoms with van der Waals surface area (Å²) < 4.78 is 6.01. The number of nitrogens with zero attached hydrogens (tertiary/aromatic N) is 3. The highest BCUT2D eigenvalue weighted by Gasteiger charge is 2.38. The molecule has 0 saturated heterocycles. The Kier molecular flexibility index (Phi) is 4.48. The smallest absolute Gasteiger partial charge is 0.179 e. The predicted molar refractivity (Wildman–Crippen MR) is 102 cm³/mol. The summed E-state index contributed by atoms with van der Waals surface area (Å²) in [5.41, 5.74) is 1.83. The average molecular weight is 364 g/mol. The van der Waals surface area contributed by atoms with E-state index in [1.54, 1.807) is 12.1 Å². The standard InChI is InChI=1S/C20H24N6O/c1-13(24-20(2)7-8-20)27-16-5-4-15(9-16)17-10-19(26-25-17)23-18-6-3-14(11-21)12-22-18/h3,6,10,12,15-16,24H,1,4-5,7-9H2,2H3,(H2,22,23,25,26)/t15-,16+/m0/s1. The molecule has 0 bridgehead atoms.